The van der Waals surface area contributed by atoms with Crippen LogP contribution in [-0.4, -0.2) is 35.5 Å². The Morgan fingerprint density at radius 1 is 1.42 bits per heavy atom. The number of carbonyl (C=O) groups is 3. The van der Waals surface area contributed by atoms with E-state index in [0.29, 0.717) is 18.3 Å². The molecule has 0 aromatic heterocycles. The number of aliphatic carboxylic acids is 1. The average molecular weight is 266 g/mol. The molecule has 0 saturated heterocycles. The summed E-state index contributed by atoms with van der Waals surface area (Å²) in [7, 11) is 1.28. The maximum absolute atomic E-state index is 11.0. The molecule has 1 aromatic rings. The molecule has 1 unspecified atom stereocenters. The van der Waals surface area contributed by atoms with Gasteiger partial charge in [-0.1, -0.05) is 18.2 Å². The fourth-order valence-corrected chi connectivity index (χ4v) is 1.61. The Balaban J connectivity index is 2.98. The zero-order chi connectivity index (χ0) is 14.4. The number of rotatable bonds is 6. The summed E-state index contributed by atoms with van der Waals surface area (Å²) in [5.41, 5.74) is 0.771. The van der Waals surface area contributed by atoms with Crippen LogP contribution in [0.2, 0.25) is 0 Å². The monoisotopic (exact) mass is 266 g/mol. The van der Waals surface area contributed by atoms with Crippen molar-refractivity contribution in [2.75, 3.05) is 7.11 Å². The third-order valence-electron chi connectivity index (χ3n) is 2.65. The fraction of sp³-hybridized carbons (Fsp3) is 0.308. The topological polar surface area (TPSA) is 101 Å². The summed E-state index contributed by atoms with van der Waals surface area (Å²) in [6.45, 7) is 0. The summed E-state index contributed by atoms with van der Waals surface area (Å²) >= 11 is 0. The highest BCUT2D eigenvalue weighted by molar-refractivity contribution is 5.83. The Labute approximate surface area is 109 Å². The van der Waals surface area contributed by atoms with Gasteiger partial charge in [-0.05, 0) is 12.0 Å². The van der Waals surface area contributed by atoms with Gasteiger partial charge in [0.05, 0.1) is 7.11 Å². The van der Waals surface area contributed by atoms with Gasteiger partial charge < -0.3 is 14.9 Å². The highest BCUT2D eigenvalue weighted by Crippen LogP contribution is 2.20. The Morgan fingerprint density at radius 2 is 2.11 bits per heavy atom. The number of aliphatic hydroxyl groups is 1. The van der Waals surface area contributed by atoms with Crippen molar-refractivity contribution in [3.63, 3.8) is 0 Å². The first-order valence-electron chi connectivity index (χ1n) is 5.55. The number of ether oxygens (including phenoxy) is 1. The molecule has 0 heterocycles. The minimum Gasteiger partial charge on any atom is -0.479 e. The van der Waals surface area contributed by atoms with E-state index in [1.165, 1.54) is 19.2 Å². The van der Waals surface area contributed by atoms with E-state index in [0.717, 1.165) is 0 Å². The predicted molar refractivity (Wildman–Crippen MR) is 64.8 cm³/mol. The Morgan fingerprint density at radius 3 is 2.63 bits per heavy atom. The van der Waals surface area contributed by atoms with E-state index in [2.05, 4.69) is 4.74 Å². The number of aliphatic hydroxyl groups excluding tert-OH is 1. The lowest BCUT2D eigenvalue weighted by molar-refractivity contribution is -0.147. The van der Waals surface area contributed by atoms with Crippen LogP contribution < -0.4 is 0 Å². The lowest BCUT2D eigenvalue weighted by Gasteiger charge is -2.10. The molecule has 1 atom stereocenters. The fourth-order valence-electron chi connectivity index (χ4n) is 1.61. The van der Waals surface area contributed by atoms with E-state index in [4.69, 9.17) is 5.11 Å². The van der Waals surface area contributed by atoms with E-state index in [1.54, 1.807) is 6.07 Å². The minimum atomic E-state index is -1.77. The van der Waals surface area contributed by atoms with E-state index < -0.39 is 12.1 Å². The molecule has 0 bridgehead atoms. The van der Waals surface area contributed by atoms with Crippen molar-refractivity contribution in [2.24, 2.45) is 0 Å². The zero-order valence-corrected chi connectivity index (χ0v) is 10.3. The number of aldehydes is 1. The van der Waals surface area contributed by atoms with E-state index in [1.807, 2.05) is 0 Å². The summed E-state index contributed by atoms with van der Waals surface area (Å²) in [5.74, 6) is -1.83. The van der Waals surface area contributed by atoms with Gasteiger partial charge >= 0.3 is 11.9 Å². The van der Waals surface area contributed by atoms with Crippen LogP contribution >= 0.6 is 0 Å². The summed E-state index contributed by atoms with van der Waals surface area (Å²) in [6, 6.07) is 4.43. The zero-order valence-electron chi connectivity index (χ0n) is 10.3. The molecule has 0 amide bonds. The normalized spacial score (nSPS) is 11.7. The average Bonchev–Trinajstić information content (AvgIpc) is 2.43. The number of esters is 1. The third kappa shape index (κ3) is 3.89. The van der Waals surface area contributed by atoms with Crippen LogP contribution in [0.4, 0.5) is 0 Å². The Hall–Kier alpha value is -2.21. The molecule has 19 heavy (non-hydrogen) atoms. The van der Waals surface area contributed by atoms with Crippen LogP contribution in [0.1, 0.15) is 34.0 Å². The van der Waals surface area contributed by atoms with Gasteiger partial charge in [-0.3, -0.25) is 9.59 Å². The Bertz CT molecular complexity index is 494. The number of carboxylic acids is 1. The standard InChI is InChI=1S/C13H14O6/c1-19-11(15)5-3-8-2-4-9(7-14)10(6-8)12(16)13(17)18/h2,4,6-7,12,16H,3,5H2,1H3,(H,17,18). The molecule has 0 aliphatic heterocycles. The molecule has 0 aliphatic carbocycles. The molecule has 0 fully saturated rings. The molecule has 6 nitrogen and oxygen atoms in total. The second-order valence-corrected chi connectivity index (χ2v) is 3.90. The summed E-state index contributed by atoms with van der Waals surface area (Å²) in [6.07, 6.45) is -0.811. The predicted octanol–water partition coefficient (Wildman–Crippen LogP) is 0.723. The van der Waals surface area contributed by atoms with Gasteiger partial charge in [0, 0.05) is 17.5 Å². The molecule has 0 saturated carbocycles. The molecule has 0 radical (unpaired) electrons. The lowest BCUT2D eigenvalue weighted by Crippen LogP contribution is -2.13. The first kappa shape index (κ1) is 14.8. The van der Waals surface area contributed by atoms with E-state index >= 15 is 0 Å². The van der Waals surface area contributed by atoms with E-state index in [9.17, 15) is 19.5 Å². The molecule has 1 rings (SSSR count). The molecule has 2 N–H and O–H groups in total. The second-order valence-electron chi connectivity index (χ2n) is 3.90. The van der Waals surface area contributed by atoms with Crippen LogP contribution in [0.15, 0.2) is 18.2 Å². The number of hydrogen-bond acceptors (Lipinski definition) is 5. The van der Waals surface area contributed by atoms with Crippen molar-refractivity contribution in [3.8, 4) is 0 Å². The Kier molecular flexibility index (Phi) is 5.20. The van der Waals surface area contributed by atoms with Crippen molar-refractivity contribution in [2.45, 2.75) is 18.9 Å². The van der Waals surface area contributed by atoms with Gasteiger partial charge in [0.1, 0.15) is 6.29 Å². The molecular formula is C13H14O6. The van der Waals surface area contributed by atoms with Gasteiger partial charge in [0.2, 0.25) is 0 Å². The van der Waals surface area contributed by atoms with Crippen molar-refractivity contribution in [1.82, 2.24) is 0 Å². The van der Waals surface area contributed by atoms with Gasteiger partial charge in [0.25, 0.3) is 0 Å². The number of benzene rings is 1. The third-order valence-corrected chi connectivity index (χ3v) is 2.65. The van der Waals surface area contributed by atoms with Crippen molar-refractivity contribution in [1.29, 1.82) is 0 Å². The highest BCUT2D eigenvalue weighted by atomic mass is 16.5. The largest absolute Gasteiger partial charge is 0.479 e. The number of aryl methyl sites for hydroxylation is 1. The van der Waals surface area contributed by atoms with Gasteiger partial charge in [0.15, 0.2) is 6.10 Å². The molecular weight excluding hydrogens is 252 g/mol. The SMILES string of the molecule is COC(=O)CCc1ccc(C=O)c(C(O)C(=O)O)c1. The number of carbonyl (C=O) groups excluding carboxylic acids is 2. The van der Waals surface area contributed by atoms with Crippen molar-refractivity contribution < 1.29 is 29.3 Å². The maximum atomic E-state index is 11.0. The molecule has 0 aliphatic rings. The summed E-state index contributed by atoms with van der Waals surface area (Å²) in [4.78, 5) is 32.6. The molecule has 1 aromatic carbocycles. The number of methoxy groups -OCH3 is 1. The second kappa shape index (κ2) is 6.65. The van der Waals surface area contributed by atoms with Gasteiger partial charge in [-0.2, -0.15) is 0 Å². The van der Waals surface area contributed by atoms with Crippen LogP contribution in [-0.2, 0) is 20.7 Å². The smallest absolute Gasteiger partial charge is 0.337 e. The summed E-state index contributed by atoms with van der Waals surface area (Å²) < 4.78 is 4.49. The van der Waals surface area contributed by atoms with E-state index in [-0.39, 0.29) is 23.5 Å². The molecule has 0 spiro atoms. The lowest BCUT2D eigenvalue weighted by atomic mass is 9.98. The minimum absolute atomic E-state index is 0.0184. The van der Waals surface area contributed by atoms with Crippen molar-refractivity contribution >= 4 is 18.2 Å². The first-order chi connectivity index (χ1) is 8.99. The molecule has 6 heteroatoms. The summed E-state index contributed by atoms with van der Waals surface area (Å²) in [5, 5.41) is 18.3. The number of carboxylic acid groups (broad SMARTS) is 1. The van der Waals surface area contributed by atoms with Crippen LogP contribution in [0, 0.1) is 0 Å². The highest BCUT2D eigenvalue weighted by Gasteiger charge is 2.20. The first-order valence-corrected chi connectivity index (χ1v) is 5.55. The molecule has 102 valence electrons. The van der Waals surface area contributed by atoms with Crippen molar-refractivity contribution in [3.05, 3.63) is 34.9 Å². The number of hydrogen-bond donors (Lipinski definition) is 2. The van der Waals surface area contributed by atoms with Crippen LogP contribution in [0.5, 0.6) is 0 Å². The van der Waals surface area contributed by atoms with Gasteiger partial charge in [-0.25, -0.2) is 4.79 Å². The maximum Gasteiger partial charge on any atom is 0.337 e. The van der Waals surface area contributed by atoms with Crippen LogP contribution in [0.3, 0.4) is 0 Å². The van der Waals surface area contributed by atoms with Crippen LogP contribution in [0.25, 0.3) is 0 Å². The quantitative estimate of drug-likeness (QED) is 0.581. The van der Waals surface area contributed by atoms with Gasteiger partial charge in [-0.15, -0.1) is 0 Å².